The standard InChI is InChI=1S/C27H47NO6/c1-6-31-24-22(19-11-9-8-10-12-19)17-28(26(30)34-27(3,4)5)23(24)18-33-21-15-13-20(14-16-21)25(29)32-7-2/h19-24H,6-18H2,1-5H3/t20-,21-,22-,23+,24-/m0/s1. The molecule has 7 nitrogen and oxygen atoms in total. The third-order valence-electron chi connectivity index (χ3n) is 7.65. The normalized spacial score (nSPS) is 30.9. The molecule has 0 unspecified atom stereocenters. The first-order chi connectivity index (χ1) is 16.2. The van der Waals surface area contributed by atoms with Gasteiger partial charge in [0.2, 0.25) is 0 Å². The molecule has 7 heteroatoms. The van der Waals surface area contributed by atoms with E-state index in [1.807, 2.05) is 39.5 Å². The van der Waals surface area contributed by atoms with Crippen LogP contribution in [0.15, 0.2) is 0 Å². The third-order valence-corrected chi connectivity index (χ3v) is 7.65. The van der Waals surface area contributed by atoms with Crippen molar-refractivity contribution in [2.45, 2.75) is 116 Å². The summed E-state index contributed by atoms with van der Waals surface area (Å²) in [6.07, 6.45) is 9.32. The minimum Gasteiger partial charge on any atom is -0.466 e. The van der Waals surface area contributed by atoms with Gasteiger partial charge in [-0.15, -0.1) is 0 Å². The number of carbonyl (C=O) groups excluding carboxylic acids is 2. The van der Waals surface area contributed by atoms with Crippen LogP contribution in [-0.2, 0) is 23.7 Å². The predicted octanol–water partition coefficient (Wildman–Crippen LogP) is 5.35. The van der Waals surface area contributed by atoms with Gasteiger partial charge in [0, 0.05) is 19.1 Å². The van der Waals surface area contributed by atoms with Gasteiger partial charge in [-0.25, -0.2) is 4.79 Å². The van der Waals surface area contributed by atoms with Crippen molar-refractivity contribution in [3.8, 4) is 0 Å². The van der Waals surface area contributed by atoms with Crippen LogP contribution in [0, 0.1) is 17.8 Å². The molecule has 34 heavy (non-hydrogen) atoms. The molecule has 3 atom stereocenters. The summed E-state index contributed by atoms with van der Waals surface area (Å²) in [7, 11) is 0. The lowest BCUT2D eigenvalue weighted by atomic mass is 9.78. The first-order valence-electron chi connectivity index (χ1n) is 13.6. The average molecular weight is 482 g/mol. The van der Waals surface area contributed by atoms with Crippen LogP contribution in [-0.4, -0.2) is 67.2 Å². The summed E-state index contributed by atoms with van der Waals surface area (Å²) in [5.41, 5.74) is -0.544. The van der Waals surface area contributed by atoms with Crippen LogP contribution in [0.1, 0.15) is 92.4 Å². The Hall–Kier alpha value is -1.34. The van der Waals surface area contributed by atoms with Gasteiger partial charge in [0.25, 0.3) is 0 Å². The lowest BCUT2D eigenvalue weighted by Gasteiger charge is -2.34. The Kier molecular flexibility index (Phi) is 10.1. The molecule has 196 valence electrons. The van der Waals surface area contributed by atoms with Crippen LogP contribution < -0.4 is 0 Å². The predicted molar refractivity (Wildman–Crippen MR) is 131 cm³/mol. The molecule has 0 N–H and O–H groups in total. The van der Waals surface area contributed by atoms with Crippen LogP contribution in [0.25, 0.3) is 0 Å². The van der Waals surface area contributed by atoms with E-state index < -0.39 is 5.60 Å². The zero-order chi connectivity index (χ0) is 24.7. The lowest BCUT2D eigenvalue weighted by Crippen LogP contribution is -2.46. The van der Waals surface area contributed by atoms with Crippen molar-refractivity contribution in [2.75, 3.05) is 26.4 Å². The van der Waals surface area contributed by atoms with Gasteiger partial charge in [-0.05, 0) is 66.2 Å². The van der Waals surface area contributed by atoms with Crippen molar-refractivity contribution in [3.05, 3.63) is 0 Å². The Morgan fingerprint density at radius 2 is 1.56 bits per heavy atom. The summed E-state index contributed by atoms with van der Waals surface area (Å²) in [6, 6.07) is -0.149. The number of rotatable bonds is 8. The number of esters is 1. The maximum absolute atomic E-state index is 13.2. The summed E-state index contributed by atoms with van der Waals surface area (Å²) in [5, 5.41) is 0. The van der Waals surface area contributed by atoms with Gasteiger partial charge < -0.3 is 18.9 Å². The molecule has 0 spiro atoms. The molecule has 1 heterocycles. The zero-order valence-corrected chi connectivity index (χ0v) is 22.1. The summed E-state index contributed by atoms with van der Waals surface area (Å²) in [5.74, 6) is 0.803. The number of nitrogens with zero attached hydrogens (tertiary/aromatic N) is 1. The number of ether oxygens (including phenoxy) is 4. The molecular weight excluding hydrogens is 434 g/mol. The Bertz CT molecular complexity index is 648. The molecule has 1 amide bonds. The Morgan fingerprint density at radius 1 is 0.882 bits per heavy atom. The van der Waals surface area contributed by atoms with Crippen molar-refractivity contribution >= 4 is 12.1 Å². The highest BCUT2D eigenvalue weighted by Gasteiger charge is 2.49. The lowest BCUT2D eigenvalue weighted by molar-refractivity contribution is -0.150. The minimum atomic E-state index is -0.544. The van der Waals surface area contributed by atoms with Crippen LogP contribution in [0.4, 0.5) is 4.79 Å². The fourth-order valence-electron chi connectivity index (χ4n) is 6.01. The van der Waals surface area contributed by atoms with E-state index in [0.29, 0.717) is 38.2 Å². The average Bonchev–Trinajstić information content (AvgIpc) is 3.16. The van der Waals surface area contributed by atoms with Gasteiger partial charge in [-0.2, -0.15) is 0 Å². The molecule has 3 aliphatic rings. The van der Waals surface area contributed by atoms with Gasteiger partial charge in [0.15, 0.2) is 0 Å². The SMILES string of the molecule is CCOC(=O)[C@H]1CC[C@H](OC[C@@H]2[C@@H](OCC)[C@H](C3CCCCC3)CN2C(=O)OC(C)(C)C)CC1. The Balaban J connectivity index is 1.67. The highest BCUT2D eigenvalue weighted by atomic mass is 16.6. The van der Waals surface area contributed by atoms with Crippen molar-refractivity contribution in [3.63, 3.8) is 0 Å². The Labute approximate surface area is 206 Å². The third kappa shape index (κ3) is 7.33. The first kappa shape index (κ1) is 27.3. The highest BCUT2D eigenvalue weighted by Crippen LogP contribution is 2.40. The summed E-state index contributed by atoms with van der Waals surface area (Å²) < 4.78 is 23.7. The van der Waals surface area contributed by atoms with Crippen LogP contribution in [0.5, 0.6) is 0 Å². The smallest absolute Gasteiger partial charge is 0.410 e. The maximum atomic E-state index is 13.2. The van der Waals surface area contributed by atoms with Crippen molar-refractivity contribution in [1.29, 1.82) is 0 Å². The quantitative estimate of drug-likeness (QED) is 0.435. The van der Waals surface area contributed by atoms with Gasteiger partial charge in [-0.3, -0.25) is 9.69 Å². The number of hydrogen-bond donors (Lipinski definition) is 0. The van der Waals surface area contributed by atoms with E-state index in [0.717, 1.165) is 25.7 Å². The fraction of sp³-hybridized carbons (Fsp3) is 0.926. The van der Waals surface area contributed by atoms with Crippen LogP contribution in [0.3, 0.4) is 0 Å². The van der Waals surface area contributed by atoms with E-state index in [4.69, 9.17) is 18.9 Å². The molecule has 0 aromatic heterocycles. The highest BCUT2D eigenvalue weighted by molar-refractivity contribution is 5.72. The molecule has 0 aromatic carbocycles. The molecule has 0 radical (unpaired) electrons. The molecular formula is C27H47NO6. The number of carbonyl (C=O) groups is 2. The summed E-state index contributed by atoms with van der Waals surface area (Å²) in [4.78, 5) is 27.2. The van der Waals surface area contributed by atoms with E-state index in [9.17, 15) is 9.59 Å². The molecule has 2 aliphatic carbocycles. The van der Waals surface area contributed by atoms with Gasteiger partial charge in [0.05, 0.1) is 37.4 Å². The number of likely N-dealkylation sites (tertiary alicyclic amines) is 1. The van der Waals surface area contributed by atoms with Crippen molar-refractivity contribution in [1.82, 2.24) is 4.90 Å². The van der Waals surface area contributed by atoms with Crippen molar-refractivity contribution < 1.29 is 28.5 Å². The molecule has 3 rings (SSSR count). The Morgan fingerprint density at radius 3 is 2.15 bits per heavy atom. The molecule has 2 saturated carbocycles. The first-order valence-corrected chi connectivity index (χ1v) is 13.6. The molecule has 0 aromatic rings. The molecule has 3 fully saturated rings. The van der Waals surface area contributed by atoms with Gasteiger partial charge >= 0.3 is 12.1 Å². The number of hydrogen-bond acceptors (Lipinski definition) is 6. The molecule has 0 bridgehead atoms. The van der Waals surface area contributed by atoms with E-state index >= 15 is 0 Å². The fourth-order valence-corrected chi connectivity index (χ4v) is 6.01. The van der Waals surface area contributed by atoms with E-state index in [-0.39, 0.29) is 36.2 Å². The van der Waals surface area contributed by atoms with Crippen LogP contribution in [0.2, 0.25) is 0 Å². The minimum absolute atomic E-state index is 0.0172. The van der Waals surface area contributed by atoms with E-state index in [2.05, 4.69) is 0 Å². The largest absolute Gasteiger partial charge is 0.466 e. The topological polar surface area (TPSA) is 74.3 Å². The second-order valence-electron chi connectivity index (χ2n) is 11.2. The second-order valence-corrected chi connectivity index (χ2v) is 11.2. The van der Waals surface area contributed by atoms with Crippen molar-refractivity contribution in [2.24, 2.45) is 17.8 Å². The van der Waals surface area contributed by atoms with Crippen LogP contribution >= 0.6 is 0 Å². The molecule has 1 saturated heterocycles. The molecule has 1 aliphatic heterocycles. The number of amides is 1. The van der Waals surface area contributed by atoms with E-state index in [1.54, 1.807) is 0 Å². The summed E-state index contributed by atoms with van der Waals surface area (Å²) >= 11 is 0. The summed E-state index contributed by atoms with van der Waals surface area (Å²) in [6.45, 7) is 11.8. The van der Waals surface area contributed by atoms with Gasteiger partial charge in [0.1, 0.15) is 5.60 Å². The van der Waals surface area contributed by atoms with E-state index in [1.165, 1.54) is 32.1 Å². The second kappa shape index (κ2) is 12.6. The zero-order valence-electron chi connectivity index (χ0n) is 22.1. The maximum Gasteiger partial charge on any atom is 0.410 e. The van der Waals surface area contributed by atoms with Gasteiger partial charge in [-0.1, -0.05) is 32.1 Å². The monoisotopic (exact) mass is 481 g/mol.